The molecule has 2 heterocycles. The van der Waals surface area contributed by atoms with Crippen LogP contribution in [0.4, 0.5) is 0 Å². The van der Waals surface area contributed by atoms with Crippen LogP contribution in [0.2, 0.25) is 0 Å². The monoisotopic (exact) mass is 272 g/mol. The first-order valence-corrected chi connectivity index (χ1v) is 7.88. The van der Waals surface area contributed by atoms with Crippen molar-refractivity contribution in [3.8, 4) is 0 Å². The van der Waals surface area contributed by atoms with E-state index in [-0.39, 0.29) is 0 Å². The Morgan fingerprint density at radius 1 is 1.15 bits per heavy atom. The predicted octanol–water partition coefficient (Wildman–Crippen LogP) is 2.45. The number of carbonyl (C=O) groups excluding carboxylic acids is 1. The van der Waals surface area contributed by atoms with Crippen LogP contribution in [0.1, 0.15) is 49.1 Å². The molecule has 2 saturated heterocycles. The molecule has 1 aromatic carbocycles. The predicted molar refractivity (Wildman–Crippen MR) is 80.5 cm³/mol. The summed E-state index contributed by atoms with van der Waals surface area (Å²) in [6.07, 6.45) is 6.49. The van der Waals surface area contributed by atoms with Crippen molar-refractivity contribution >= 4 is 5.91 Å². The second kappa shape index (κ2) is 5.96. The van der Waals surface area contributed by atoms with Crippen molar-refractivity contribution in [2.45, 2.75) is 50.5 Å². The molecule has 2 fully saturated rings. The largest absolute Gasteiger partial charge is 0.339 e. The lowest BCUT2D eigenvalue weighted by Gasteiger charge is -2.26. The standard InChI is InChI=1S/C17H24N2O/c18-10-9-13-5-7-14(8-6-13)15-12-17(20)19-11-3-1-2-4-16(15)19/h5-8,15-16H,1-4,9-12,18H2. The Bertz CT molecular complexity index is 468. The van der Waals surface area contributed by atoms with E-state index in [0.29, 0.717) is 30.8 Å². The molecule has 0 bridgehead atoms. The summed E-state index contributed by atoms with van der Waals surface area (Å²) >= 11 is 0. The number of fused-ring (bicyclic) bond motifs is 1. The molecule has 1 amide bonds. The zero-order valence-corrected chi connectivity index (χ0v) is 12.1. The Kier molecular flexibility index (Phi) is 4.06. The van der Waals surface area contributed by atoms with Crippen molar-refractivity contribution in [3.05, 3.63) is 35.4 Å². The Balaban J connectivity index is 1.80. The van der Waals surface area contributed by atoms with Crippen LogP contribution in [0, 0.1) is 0 Å². The van der Waals surface area contributed by atoms with E-state index < -0.39 is 0 Å². The average Bonchev–Trinajstić information content (AvgIpc) is 2.66. The van der Waals surface area contributed by atoms with Crippen molar-refractivity contribution in [2.75, 3.05) is 13.1 Å². The highest BCUT2D eigenvalue weighted by Crippen LogP contribution is 2.38. The van der Waals surface area contributed by atoms with Gasteiger partial charge in [-0.1, -0.05) is 37.1 Å². The van der Waals surface area contributed by atoms with Gasteiger partial charge in [-0.3, -0.25) is 4.79 Å². The summed E-state index contributed by atoms with van der Waals surface area (Å²) in [5, 5.41) is 0. The number of amides is 1. The van der Waals surface area contributed by atoms with Gasteiger partial charge >= 0.3 is 0 Å². The zero-order chi connectivity index (χ0) is 13.9. The quantitative estimate of drug-likeness (QED) is 0.918. The maximum absolute atomic E-state index is 12.2. The summed E-state index contributed by atoms with van der Waals surface area (Å²) in [5.41, 5.74) is 8.21. The van der Waals surface area contributed by atoms with E-state index in [1.807, 2.05) is 0 Å². The van der Waals surface area contributed by atoms with Crippen LogP contribution < -0.4 is 5.73 Å². The molecule has 0 aromatic heterocycles. The van der Waals surface area contributed by atoms with Gasteiger partial charge in [0.25, 0.3) is 0 Å². The molecule has 0 radical (unpaired) electrons. The van der Waals surface area contributed by atoms with Gasteiger partial charge in [-0.25, -0.2) is 0 Å². The number of carbonyl (C=O) groups is 1. The number of nitrogens with zero attached hydrogens (tertiary/aromatic N) is 1. The molecule has 0 saturated carbocycles. The van der Waals surface area contributed by atoms with Crippen LogP contribution in [-0.4, -0.2) is 29.9 Å². The van der Waals surface area contributed by atoms with Crippen LogP contribution in [0.3, 0.4) is 0 Å². The first-order chi connectivity index (χ1) is 9.79. The molecule has 1 aromatic rings. The van der Waals surface area contributed by atoms with Crippen molar-refractivity contribution in [3.63, 3.8) is 0 Å². The summed E-state index contributed by atoms with van der Waals surface area (Å²) in [6, 6.07) is 9.19. The fourth-order valence-electron chi connectivity index (χ4n) is 3.74. The number of benzene rings is 1. The van der Waals surface area contributed by atoms with Crippen molar-refractivity contribution < 1.29 is 4.79 Å². The van der Waals surface area contributed by atoms with Crippen LogP contribution in [0.15, 0.2) is 24.3 Å². The normalized spacial score (nSPS) is 26.4. The van der Waals surface area contributed by atoms with Crippen molar-refractivity contribution in [1.82, 2.24) is 4.90 Å². The lowest BCUT2D eigenvalue weighted by atomic mass is 9.88. The third-order valence-corrected chi connectivity index (χ3v) is 4.82. The summed E-state index contributed by atoms with van der Waals surface area (Å²) in [4.78, 5) is 14.4. The highest BCUT2D eigenvalue weighted by molar-refractivity contribution is 5.80. The SMILES string of the molecule is NCCc1ccc(C2CC(=O)N3CCCCCC23)cc1. The van der Waals surface area contributed by atoms with Gasteiger partial charge in [-0.05, 0) is 36.9 Å². The number of hydrogen-bond acceptors (Lipinski definition) is 2. The maximum atomic E-state index is 12.2. The third-order valence-electron chi connectivity index (χ3n) is 4.82. The molecule has 2 N–H and O–H groups in total. The van der Waals surface area contributed by atoms with E-state index >= 15 is 0 Å². The molecule has 3 rings (SSSR count). The Morgan fingerprint density at radius 2 is 1.95 bits per heavy atom. The molecule has 2 aliphatic heterocycles. The molecular formula is C17H24N2O. The lowest BCUT2D eigenvalue weighted by Crippen LogP contribution is -2.34. The maximum Gasteiger partial charge on any atom is 0.223 e. The third kappa shape index (κ3) is 2.59. The second-order valence-corrected chi connectivity index (χ2v) is 6.09. The van der Waals surface area contributed by atoms with Gasteiger partial charge < -0.3 is 10.6 Å². The summed E-state index contributed by atoms with van der Waals surface area (Å²) in [7, 11) is 0. The molecule has 2 aliphatic rings. The van der Waals surface area contributed by atoms with Gasteiger partial charge in [0, 0.05) is 24.9 Å². The molecule has 20 heavy (non-hydrogen) atoms. The van der Waals surface area contributed by atoms with E-state index in [2.05, 4.69) is 29.2 Å². The number of nitrogens with two attached hydrogens (primary N) is 1. The van der Waals surface area contributed by atoms with E-state index in [4.69, 9.17) is 5.73 Å². The molecule has 3 nitrogen and oxygen atoms in total. The number of hydrogen-bond donors (Lipinski definition) is 1. The fourth-order valence-corrected chi connectivity index (χ4v) is 3.74. The van der Waals surface area contributed by atoms with Gasteiger partial charge in [0.05, 0.1) is 0 Å². The Labute approximate surface area is 121 Å². The molecule has 0 aliphatic carbocycles. The first-order valence-electron chi connectivity index (χ1n) is 7.88. The smallest absolute Gasteiger partial charge is 0.223 e. The molecule has 2 unspecified atom stereocenters. The minimum atomic E-state index is 0.355. The fraction of sp³-hybridized carbons (Fsp3) is 0.588. The number of rotatable bonds is 3. The van der Waals surface area contributed by atoms with Crippen LogP contribution in [0.5, 0.6) is 0 Å². The van der Waals surface area contributed by atoms with Crippen molar-refractivity contribution in [1.29, 1.82) is 0 Å². The minimum Gasteiger partial charge on any atom is -0.339 e. The average molecular weight is 272 g/mol. The lowest BCUT2D eigenvalue weighted by molar-refractivity contribution is -0.128. The van der Waals surface area contributed by atoms with Gasteiger partial charge in [-0.15, -0.1) is 0 Å². The molecule has 108 valence electrons. The van der Waals surface area contributed by atoms with Gasteiger partial charge in [-0.2, -0.15) is 0 Å². The van der Waals surface area contributed by atoms with E-state index in [0.717, 1.165) is 13.0 Å². The molecular weight excluding hydrogens is 248 g/mol. The van der Waals surface area contributed by atoms with Crippen LogP contribution in [-0.2, 0) is 11.2 Å². The van der Waals surface area contributed by atoms with Crippen molar-refractivity contribution in [2.24, 2.45) is 5.73 Å². The van der Waals surface area contributed by atoms with E-state index in [1.165, 1.54) is 36.8 Å². The highest BCUT2D eigenvalue weighted by atomic mass is 16.2. The Morgan fingerprint density at radius 3 is 2.70 bits per heavy atom. The highest BCUT2D eigenvalue weighted by Gasteiger charge is 2.40. The zero-order valence-electron chi connectivity index (χ0n) is 12.1. The molecule has 0 spiro atoms. The second-order valence-electron chi connectivity index (χ2n) is 6.09. The minimum absolute atomic E-state index is 0.355. The summed E-state index contributed by atoms with van der Waals surface area (Å²) in [5.74, 6) is 0.750. The summed E-state index contributed by atoms with van der Waals surface area (Å²) in [6.45, 7) is 1.66. The van der Waals surface area contributed by atoms with Gasteiger partial charge in [0.2, 0.25) is 5.91 Å². The van der Waals surface area contributed by atoms with Crippen LogP contribution >= 0.6 is 0 Å². The Hall–Kier alpha value is -1.35. The van der Waals surface area contributed by atoms with Crippen LogP contribution in [0.25, 0.3) is 0 Å². The first kappa shape index (κ1) is 13.6. The van der Waals surface area contributed by atoms with E-state index in [1.54, 1.807) is 0 Å². The van der Waals surface area contributed by atoms with E-state index in [9.17, 15) is 4.79 Å². The molecule has 3 heteroatoms. The molecule has 2 atom stereocenters. The van der Waals surface area contributed by atoms with Gasteiger partial charge in [0.1, 0.15) is 0 Å². The summed E-state index contributed by atoms with van der Waals surface area (Å²) < 4.78 is 0. The van der Waals surface area contributed by atoms with Gasteiger partial charge in [0.15, 0.2) is 0 Å². The topological polar surface area (TPSA) is 46.3 Å².